The number of hydrogen-bond acceptors (Lipinski definition) is 6. The van der Waals surface area contributed by atoms with Crippen molar-refractivity contribution in [1.29, 1.82) is 0 Å². The molecular weight excluding hydrogens is 453 g/mol. The number of hydrogen-bond donors (Lipinski definition) is 0. The number of nitro benzene ring substituents is 1. The summed E-state index contributed by atoms with van der Waals surface area (Å²) in [5.74, 6) is -0.690. The Hall–Kier alpha value is -3.63. The average molecular weight is 482 g/mol. The van der Waals surface area contributed by atoms with Crippen LogP contribution in [0.2, 0.25) is 0 Å². The fourth-order valence-electron chi connectivity index (χ4n) is 4.33. The van der Waals surface area contributed by atoms with E-state index in [1.165, 1.54) is 30.3 Å². The van der Waals surface area contributed by atoms with E-state index in [9.17, 15) is 19.3 Å². The van der Waals surface area contributed by atoms with Crippen molar-refractivity contribution in [3.05, 3.63) is 87.0 Å². The molecule has 1 aliphatic heterocycles. The standard InChI is InChI=1S/C25H28FN5O4/c1-3-28-11-10-24-22(16-28)23(27-30(24)20-8-5-7-19(26)15-20)17-29(12-13-35-2)25(32)18-6-4-9-21(14-18)31(33)34/h4-9,14-15H,3,10-13,16-17H2,1-2H3. The molecule has 0 saturated heterocycles. The maximum absolute atomic E-state index is 14.0. The van der Waals surface area contributed by atoms with Gasteiger partial charge in [-0.1, -0.05) is 19.1 Å². The monoisotopic (exact) mass is 481 g/mol. The quantitative estimate of drug-likeness (QED) is 0.343. The van der Waals surface area contributed by atoms with E-state index in [0.717, 1.165) is 36.5 Å². The molecule has 1 aromatic heterocycles. The van der Waals surface area contributed by atoms with Crippen LogP contribution in [0.1, 0.15) is 34.2 Å². The topological polar surface area (TPSA) is 93.7 Å². The van der Waals surface area contributed by atoms with Gasteiger partial charge in [-0.15, -0.1) is 0 Å². The van der Waals surface area contributed by atoms with Crippen molar-refractivity contribution in [2.24, 2.45) is 0 Å². The van der Waals surface area contributed by atoms with Gasteiger partial charge in [0.05, 0.1) is 35.2 Å². The van der Waals surface area contributed by atoms with E-state index >= 15 is 0 Å². The largest absolute Gasteiger partial charge is 0.383 e. The molecule has 184 valence electrons. The Bertz CT molecular complexity index is 1230. The van der Waals surface area contributed by atoms with Gasteiger partial charge in [0.1, 0.15) is 5.82 Å². The molecule has 0 unspecified atom stereocenters. The second-order valence-electron chi connectivity index (χ2n) is 8.41. The van der Waals surface area contributed by atoms with Crippen molar-refractivity contribution in [1.82, 2.24) is 19.6 Å². The first-order chi connectivity index (χ1) is 16.9. The Labute approximate surface area is 202 Å². The van der Waals surface area contributed by atoms with Crippen LogP contribution in [0.25, 0.3) is 5.69 Å². The van der Waals surface area contributed by atoms with E-state index in [0.29, 0.717) is 18.8 Å². The van der Waals surface area contributed by atoms with Gasteiger partial charge in [0, 0.05) is 56.4 Å². The Morgan fingerprint density at radius 3 is 2.77 bits per heavy atom. The predicted octanol–water partition coefficient (Wildman–Crippen LogP) is 3.59. The number of amides is 1. The lowest BCUT2D eigenvalue weighted by atomic mass is 10.0. The van der Waals surface area contributed by atoms with Gasteiger partial charge < -0.3 is 9.64 Å². The molecule has 0 bridgehead atoms. The number of likely N-dealkylation sites (N-methyl/N-ethyl adjacent to an activating group) is 1. The molecule has 35 heavy (non-hydrogen) atoms. The summed E-state index contributed by atoms with van der Waals surface area (Å²) < 4.78 is 21.0. The number of nitrogens with zero attached hydrogens (tertiary/aromatic N) is 5. The first-order valence-corrected chi connectivity index (χ1v) is 11.5. The number of carbonyl (C=O) groups excluding carboxylic acids is 1. The number of nitro groups is 1. The van der Waals surface area contributed by atoms with Gasteiger partial charge >= 0.3 is 0 Å². The van der Waals surface area contributed by atoms with Crippen LogP contribution in [0.15, 0.2) is 48.5 Å². The van der Waals surface area contributed by atoms with Crippen LogP contribution in [0.5, 0.6) is 0 Å². The van der Waals surface area contributed by atoms with Gasteiger partial charge in [-0.05, 0) is 30.8 Å². The van der Waals surface area contributed by atoms with E-state index in [2.05, 4.69) is 11.8 Å². The number of methoxy groups -OCH3 is 1. The van der Waals surface area contributed by atoms with Crippen LogP contribution in [0.4, 0.5) is 10.1 Å². The lowest BCUT2D eigenvalue weighted by Crippen LogP contribution is -2.35. The van der Waals surface area contributed by atoms with E-state index in [-0.39, 0.29) is 36.1 Å². The second-order valence-corrected chi connectivity index (χ2v) is 8.41. The average Bonchev–Trinajstić information content (AvgIpc) is 3.23. The molecule has 2 aromatic carbocycles. The maximum Gasteiger partial charge on any atom is 0.270 e. The number of carbonyl (C=O) groups is 1. The van der Waals surface area contributed by atoms with Gasteiger partial charge in [0.2, 0.25) is 0 Å². The highest BCUT2D eigenvalue weighted by Gasteiger charge is 2.28. The molecular formula is C25H28FN5O4. The van der Waals surface area contributed by atoms with Crippen LogP contribution in [0.3, 0.4) is 0 Å². The van der Waals surface area contributed by atoms with Crippen LogP contribution in [-0.4, -0.2) is 63.8 Å². The minimum absolute atomic E-state index is 0.145. The third-order valence-electron chi connectivity index (χ3n) is 6.22. The summed E-state index contributed by atoms with van der Waals surface area (Å²) in [6.07, 6.45) is 0.754. The third kappa shape index (κ3) is 5.39. The number of fused-ring (bicyclic) bond motifs is 1. The molecule has 0 N–H and O–H groups in total. The summed E-state index contributed by atoms with van der Waals surface area (Å²) in [5, 5.41) is 16.0. The van der Waals surface area contributed by atoms with Crippen LogP contribution < -0.4 is 0 Å². The Morgan fingerprint density at radius 2 is 2.06 bits per heavy atom. The molecule has 10 heteroatoms. The highest BCUT2D eigenvalue weighted by atomic mass is 19.1. The minimum Gasteiger partial charge on any atom is -0.383 e. The van der Waals surface area contributed by atoms with Gasteiger partial charge in [-0.25, -0.2) is 9.07 Å². The van der Waals surface area contributed by atoms with Crippen molar-refractivity contribution in [2.45, 2.75) is 26.4 Å². The van der Waals surface area contributed by atoms with Gasteiger partial charge in [0.25, 0.3) is 11.6 Å². The number of benzene rings is 2. The smallest absolute Gasteiger partial charge is 0.270 e. The van der Waals surface area contributed by atoms with E-state index in [4.69, 9.17) is 9.84 Å². The third-order valence-corrected chi connectivity index (χ3v) is 6.22. The molecule has 9 nitrogen and oxygen atoms in total. The zero-order chi connectivity index (χ0) is 24.9. The summed E-state index contributed by atoms with van der Waals surface area (Å²) >= 11 is 0. The predicted molar refractivity (Wildman–Crippen MR) is 128 cm³/mol. The Balaban J connectivity index is 1.71. The molecule has 3 aromatic rings. The number of halogens is 1. The number of ether oxygens (including phenoxy) is 1. The highest BCUT2D eigenvalue weighted by Crippen LogP contribution is 2.27. The summed E-state index contributed by atoms with van der Waals surface area (Å²) in [6.45, 7) is 5.31. The Morgan fingerprint density at radius 1 is 1.26 bits per heavy atom. The van der Waals surface area contributed by atoms with Crippen molar-refractivity contribution in [3.63, 3.8) is 0 Å². The fourth-order valence-corrected chi connectivity index (χ4v) is 4.33. The van der Waals surface area contributed by atoms with E-state index < -0.39 is 4.92 Å². The number of rotatable bonds is 9. The van der Waals surface area contributed by atoms with Crippen molar-refractivity contribution < 1.29 is 18.8 Å². The summed E-state index contributed by atoms with van der Waals surface area (Å²) in [5.41, 5.74) is 3.46. The summed E-state index contributed by atoms with van der Waals surface area (Å²) in [7, 11) is 1.55. The lowest BCUT2D eigenvalue weighted by Gasteiger charge is -2.27. The minimum atomic E-state index is -0.521. The zero-order valence-electron chi connectivity index (χ0n) is 19.8. The summed E-state index contributed by atoms with van der Waals surface area (Å²) in [4.78, 5) is 28.0. The SMILES string of the molecule is CCN1CCc2c(c(CN(CCOC)C(=O)c3cccc([N+](=O)[O-])c3)nn2-c2cccc(F)c2)C1. The molecule has 0 spiro atoms. The second kappa shape index (κ2) is 10.7. The molecule has 2 heterocycles. The van der Waals surface area contributed by atoms with Crippen molar-refractivity contribution >= 4 is 11.6 Å². The molecule has 0 radical (unpaired) electrons. The van der Waals surface area contributed by atoms with Crippen LogP contribution in [0, 0.1) is 15.9 Å². The van der Waals surface area contributed by atoms with Gasteiger partial charge in [-0.2, -0.15) is 5.10 Å². The molecule has 0 atom stereocenters. The molecule has 1 aliphatic rings. The maximum atomic E-state index is 14.0. The normalized spacial score (nSPS) is 13.5. The lowest BCUT2D eigenvalue weighted by molar-refractivity contribution is -0.384. The van der Waals surface area contributed by atoms with Gasteiger partial charge in [-0.3, -0.25) is 19.8 Å². The first kappa shape index (κ1) is 24.5. The van der Waals surface area contributed by atoms with E-state index in [1.807, 2.05) is 6.07 Å². The number of non-ortho nitro benzene ring substituents is 1. The highest BCUT2D eigenvalue weighted by molar-refractivity contribution is 5.94. The van der Waals surface area contributed by atoms with Crippen LogP contribution in [-0.2, 0) is 24.2 Å². The summed E-state index contributed by atoms with van der Waals surface area (Å²) in [6, 6.07) is 12.0. The Kier molecular flexibility index (Phi) is 7.52. The number of aromatic nitrogens is 2. The van der Waals surface area contributed by atoms with E-state index in [1.54, 1.807) is 28.8 Å². The molecule has 4 rings (SSSR count). The van der Waals surface area contributed by atoms with Crippen molar-refractivity contribution in [2.75, 3.05) is 33.4 Å². The molecule has 0 fully saturated rings. The molecule has 0 aliphatic carbocycles. The van der Waals surface area contributed by atoms with Crippen molar-refractivity contribution in [3.8, 4) is 5.69 Å². The zero-order valence-corrected chi connectivity index (χ0v) is 19.8. The first-order valence-electron chi connectivity index (χ1n) is 11.5. The fraction of sp³-hybridized carbons (Fsp3) is 0.360. The van der Waals surface area contributed by atoms with Crippen LogP contribution >= 0.6 is 0 Å². The molecule has 0 saturated carbocycles. The molecule has 1 amide bonds. The van der Waals surface area contributed by atoms with Gasteiger partial charge in [0.15, 0.2) is 0 Å².